The quantitative estimate of drug-likeness (QED) is 0.722. The number of rotatable bonds is 6. The highest BCUT2D eigenvalue weighted by atomic mass is 19.1. The Labute approximate surface area is 157 Å². The number of amides is 1. The van der Waals surface area contributed by atoms with Gasteiger partial charge in [-0.2, -0.15) is 0 Å². The lowest BCUT2D eigenvalue weighted by Crippen LogP contribution is -2.34. The molecule has 5 nitrogen and oxygen atoms in total. The number of carboxylic acid groups (broad SMARTS) is 1. The normalized spacial score (nSPS) is 19.4. The van der Waals surface area contributed by atoms with Crippen LogP contribution in [0.25, 0.3) is 0 Å². The molecule has 142 valence electrons. The molecule has 1 amide bonds. The van der Waals surface area contributed by atoms with Crippen molar-refractivity contribution in [2.75, 3.05) is 5.32 Å². The minimum atomic E-state index is -0.692. The zero-order valence-corrected chi connectivity index (χ0v) is 15.0. The van der Waals surface area contributed by atoms with Gasteiger partial charge in [0.1, 0.15) is 5.82 Å². The highest BCUT2D eigenvalue weighted by Crippen LogP contribution is 2.24. The summed E-state index contributed by atoms with van der Waals surface area (Å²) in [4.78, 5) is 23.2. The Hall–Kier alpha value is -2.73. The molecule has 6 heteroatoms. The van der Waals surface area contributed by atoms with Gasteiger partial charge in [0.15, 0.2) is 0 Å². The molecule has 27 heavy (non-hydrogen) atoms. The number of hydrogen-bond acceptors (Lipinski definition) is 3. The minimum absolute atomic E-state index is 0.207. The first kappa shape index (κ1) is 19.0. The van der Waals surface area contributed by atoms with Crippen molar-refractivity contribution in [3.05, 3.63) is 65.5 Å². The van der Waals surface area contributed by atoms with Gasteiger partial charge >= 0.3 is 5.97 Å². The number of aliphatic carboxylic acids is 1. The van der Waals surface area contributed by atoms with Crippen LogP contribution in [0.1, 0.15) is 41.6 Å². The van der Waals surface area contributed by atoms with Gasteiger partial charge in [-0.15, -0.1) is 0 Å². The zero-order valence-electron chi connectivity index (χ0n) is 15.0. The second kappa shape index (κ2) is 8.77. The number of nitrogens with one attached hydrogen (secondary N) is 2. The number of hydrogen-bond donors (Lipinski definition) is 3. The molecular formula is C21H23FN2O3. The van der Waals surface area contributed by atoms with E-state index < -0.39 is 5.97 Å². The van der Waals surface area contributed by atoms with E-state index in [0.29, 0.717) is 23.8 Å². The lowest BCUT2D eigenvalue weighted by atomic mass is 9.86. The molecule has 1 aliphatic rings. The second-order valence-electron chi connectivity index (χ2n) is 6.93. The first-order chi connectivity index (χ1) is 13.0. The Bertz CT molecular complexity index is 782. The van der Waals surface area contributed by atoms with Crippen molar-refractivity contribution >= 4 is 17.6 Å². The van der Waals surface area contributed by atoms with Crippen LogP contribution in [0, 0.1) is 11.7 Å². The summed E-state index contributed by atoms with van der Waals surface area (Å²) < 4.78 is 12.9. The summed E-state index contributed by atoms with van der Waals surface area (Å²) in [7, 11) is 0. The van der Waals surface area contributed by atoms with Crippen LogP contribution in [0.4, 0.5) is 10.1 Å². The molecule has 1 aliphatic carbocycles. The molecule has 2 aromatic rings. The van der Waals surface area contributed by atoms with Gasteiger partial charge in [-0.05, 0) is 67.6 Å². The number of carboxylic acids is 1. The maximum atomic E-state index is 12.9. The first-order valence-corrected chi connectivity index (χ1v) is 9.13. The summed E-state index contributed by atoms with van der Waals surface area (Å²) in [5, 5.41) is 15.2. The molecule has 0 spiro atoms. The third kappa shape index (κ3) is 5.37. The Balaban J connectivity index is 1.48. The Morgan fingerprint density at radius 2 is 1.59 bits per heavy atom. The summed E-state index contributed by atoms with van der Waals surface area (Å²) in [5.41, 5.74) is 2.14. The smallest absolute Gasteiger partial charge is 0.306 e. The molecule has 0 unspecified atom stereocenters. The maximum absolute atomic E-state index is 12.9. The molecule has 3 rings (SSSR count). The van der Waals surface area contributed by atoms with Crippen molar-refractivity contribution < 1.29 is 19.1 Å². The molecule has 2 aromatic carbocycles. The van der Waals surface area contributed by atoms with E-state index in [1.165, 1.54) is 24.3 Å². The highest BCUT2D eigenvalue weighted by molar-refractivity contribution is 6.04. The van der Waals surface area contributed by atoms with Crippen LogP contribution in [0.2, 0.25) is 0 Å². The molecule has 0 heterocycles. The third-order valence-electron chi connectivity index (χ3n) is 4.99. The molecular weight excluding hydrogens is 347 g/mol. The molecule has 0 saturated heterocycles. The van der Waals surface area contributed by atoms with Crippen molar-refractivity contribution in [1.82, 2.24) is 5.32 Å². The largest absolute Gasteiger partial charge is 0.481 e. The fourth-order valence-electron chi connectivity index (χ4n) is 3.32. The molecule has 0 aromatic heterocycles. The zero-order chi connectivity index (χ0) is 19.2. The van der Waals surface area contributed by atoms with E-state index in [9.17, 15) is 14.0 Å². The summed E-state index contributed by atoms with van der Waals surface area (Å²) >= 11 is 0. The minimum Gasteiger partial charge on any atom is -0.481 e. The average Bonchev–Trinajstić information content (AvgIpc) is 2.69. The number of anilines is 1. The van der Waals surface area contributed by atoms with Gasteiger partial charge < -0.3 is 15.7 Å². The third-order valence-corrected chi connectivity index (χ3v) is 4.99. The Morgan fingerprint density at radius 3 is 2.19 bits per heavy atom. The fourth-order valence-corrected chi connectivity index (χ4v) is 3.32. The van der Waals surface area contributed by atoms with Gasteiger partial charge in [0.2, 0.25) is 0 Å². The molecule has 0 aliphatic heterocycles. The van der Waals surface area contributed by atoms with E-state index in [4.69, 9.17) is 5.11 Å². The number of carbonyl (C=O) groups excluding carboxylic acids is 1. The van der Waals surface area contributed by atoms with E-state index in [1.807, 2.05) is 12.1 Å². The summed E-state index contributed by atoms with van der Waals surface area (Å²) in [6.07, 6.45) is 3.18. The maximum Gasteiger partial charge on any atom is 0.306 e. The van der Waals surface area contributed by atoms with Crippen LogP contribution in [-0.2, 0) is 11.3 Å². The number of carbonyl (C=O) groups is 2. The van der Waals surface area contributed by atoms with E-state index in [2.05, 4.69) is 10.6 Å². The number of halogens is 1. The van der Waals surface area contributed by atoms with Crippen molar-refractivity contribution in [2.24, 2.45) is 5.92 Å². The van der Waals surface area contributed by atoms with Gasteiger partial charge in [0.05, 0.1) is 5.92 Å². The van der Waals surface area contributed by atoms with Crippen molar-refractivity contribution in [3.63, 3.8) is 0 Å². The topological polar surface area (TPSA) is 78.4 Å². The van der Waals surface area contributed by atoms with Crippen LogP contribution in [-0.4, -0.2) is 23.0 Å². The predicted molar refractivity (Wildman–Crippen MR) is 101 cm³/mol. The van der Waals surface area contributed by atoms with Gasteiger partial charge in [0, 0.05) is 23.8 Å². The lowest BCUT2D eigenvalue weighted by molar-refractivity contribution is -0.142. The Kier molecular flexibility index (Phi) is 6.19. The van der Waals surface area contributed by atoms with Crippen LogP contribution in [0.15, 0.2) is 48.5 Å². The Morgan fingerprint density at radius 1 is 0.963 bits per heavy atom. The van der Waals surface area contributed by atoms with Gasteiger partial charge in [0.25, 0.3) is 5.91 Å². The van der Waals surface area contributed by atoms with Crippen LogP contribution in [0.3, 0.4) is 0 Å². The highest BCUT2D eigenvalue weighted by Gasteiger charge is 2.25. The predicted octanol–water partition coefficient (Wildman–Crippen LogP) is 3.81. The SMILES string of the molecule is O=C(Nc1ccc(F)cc1)c1ccc(CNC2CCC(C(=O)O)CC2)cc1. The second-order valence-corrected chi connectivity index (χ2v) is 6.93. The first-order valence-electron chi connectivity index (χ1n) is 9.13. The van der Waals surface area contributed by atoms with Crippen LogP contribution >= 0.6 is 0 Å². The molecule has 0 bridgehead atoms. The lowest BCUT2D eigenvalue weighted by Gasteiger charge is -2.27. The monoisotopic (exact) mass is 370 g/mol. The van der Waals surface area contributed by atoms with Crippen LogP contribution in [0.5, 0.6) is 0 Å². The van der Waals surface area contributed by atoms with Gasteiger partial charge in [-0.3, -0.25) is 9.59 Å². The van der Waals surface area contributed by atoms with E-state index in [-0.39, 0.29) is 17.6 Å². The fraction of sp³-hybridized carbons (Fsp3) is 0.333. The molecule has 1 fully saturated rings. The van der Waals surface area contributed by atoms with Crippen LogP contribution < -0.4 is 10.6 Å². The van der Waals surface area contributed by atoms with Gasteiger partial charge in [-0.1, -0.05) is 12.1 Å². The molecule has 0 atom stereocenters. The van der Waals surface area contributed by atoms with E-state index in [0.717, 1.165) is 31.2 Å². The molecule has 3 N–H and O–H groups in total. The summed E-state index contributed by atoms with van der Waals surface area (Å²) in [6, 6.07) is 13.3. The summed E-state index contributed by atoms with van der Waals surface area (Å²) in [6.45, 7) is 0.683. The van der Waals surface area contributed by atoms with Gasteiger partial charge in [-0.25, -0.2) is 4.39 Å². The summed E-state index contributed by atoms with van der Waals surface area (Å²) in [5.74, 6) is -1.49. The van der Waals surface area contributed by atoms with E-state index in [1.54, 1.807) is 12.1 Å². The average molecular weight is 370 g/mol. The van der Waals surface area contributed by atoms with E-state index >= 15 is 0 Å². The standard InChI is InChI=1S/C21H23FN2O3/c22-17-7-11-19(12-8-17)24-20(25)15-3-1-14(2-4-15)13-23-18-9-5-16(6-10-18)21(26)27/h1-4,7-8,11-12,16,18,23H,5-6,9-10,13H2,(H,24,25)(H,26,27). The van der Waals surface area contributed by atoms with Crippen molar-refractivity contribution in [2.45, 2.75) is 38.3 Å². The molecule has 1 saturated carbocycles. The molecule has 0 radical (unpaired) electrons. The van der Waals surface area contributed by atoms with Crippen molar-refractivity contribution in [1.29, 1.82) is 0 Å². The number of benzene rings is 2. The van der Waals surface area contributed by atoms with Crippen molar-refractivity contribution in [3.8, 4) is 0 Å².